The number of hydrogen-bond acceptors (Lipinski definition) is 4. The van der Waals surface area contributed by atoms with Gasteiger partial charge in [-0.2, -0.15) is 13.2 Å². The maximum Gasteiger partial charge on any atom is 0.419 e. The van der Waals surface area contributed by atoms with Gasteiger partial charge in [-0.1, -0.05) is 18.2 Å². The number of para-hydroxylation sites is 1. The molecule has 0 bridgehead atoms. The number of carbonyl (C=O) groups excluding carboxylic acids is 1. The maximum atomic E-state index is 13.0. The molecule has 6 nitrogen and oxygen atoms in total. The lowest BCUT2D eigenvalue weighted by Crippen LogP contribution is -2.37. The molecule has 1 fully saturated rings. The van der Waals surface area contributed by atoms with E-state index in [4.69, 9.17) is 4.74 Å². The molecule has 3 rings (SSSR count). The third kappa shape index (κ3) is 6.44. The summed E-state index contributed by atoms with van der Waals surface area (Å²) in [5, 5.41) is 2.60. The Morgan fingerprint density at radius 1 is 1.16 bits per heavy atom. The highest BCUT2D eigenvalue weighted by Gasteiger charge is 2.34. The van der Waals surface area contributed by atoms with Crippen molar-refractivity contribution >= 4 is 15.9 Å². The van der Waals surface area contributed by atoms with Crippen molar-refractivity contribution in [1.29, 1.82) is 0 Å². The van der Waals surface area contributed by atoms with Crippen molar-refractivity contribution in [3.05, 3.63) is 59.7 Å². The maximum absolute atomic E-state index is 13.0. The van der Waals surface area contributed by atoms with E-state index in [1.165, 1.54) is 42.5 Å². The van der Waals surface area contributed by atoms with Crippen molar-refractivity contribution in [3.8, 4) is 5.75 Å². The van der Waals surface area contributed by atoms with Crippen molar-refractivity contribution < 1.29 is 31.1 Å². The molecule has 10 heteroatoms. The number of halogens is 3. The van der Waals surface area contributed by atoms with Gasteiger partial charge < -0.3 is 10.1 Å². The van der Waals surface area contributed by atoms with E-state index in [1.54, 1.807) is 6.92 Å². The van der Waals surface area contributed by atoms with Gasteiger partial charge in [0.15, 0.2) is 0 Å². The zero-order chi connectivity index (χ0) is 22.6. The normalized spacial score (nSPS) is 15.4. The third-order valence-electron chi connectivity index (χ3n) is 4.72. The topological polar surface area (TPSA) is 84.5 Å². The molecule has 0 heterocycles. The van der Waals surface area contributed by atoms with Crippen molar-refractivity contribution in [2.24, 2.45) is 5.92 Å². The minimum Gasteiger partial charge on any atom is -0.491 e. The molecule has 0 aromatic heterocycles. The first-order chi connectivity index (χ1) is 14.6. The zero-order valence-electron chi connectivity index (χ0n) is 16.8. The molecule has 1 unspecified atom stereocenters. The number of ether oxygens (including phenoxy) is 1. The number of hydrogen-bond donors (Lipinski definition) is 2. The van der Waals surface area contributed by atoms with Crippen LogP contribution in [-0.4, -0.2) is 33.5 Å². The van der Waals surface area contributed by atoms with E-state index in [-0.39, 0.29) is 22.8 Å². The molecule has 2 aromatic rings. The summed E-state index contributed by atoms with van der Waals surface area (Å²) in [5.41, 5.74) is -0.776. The highest BCUT2D eigenvalue weighted by molar-refractivity contribution is 7.89. The standard InChI is InChI=1S/C21H23F3N2O4S/c1-14(13-30-19-8-3-2-7-18(19)21(22,23)24)26-20(27)16-5-4-6-17(11-16)31(28,29)25-12-15-9-10-15/h2-8,11,14-15,25H,9-10,12-13H2,1H3,(H,26,27). The molecule has 0 radical (unpaired) electrons. The van der Waals surface area contributed by atoms with Gasteiger partial charge in [0.1, 0.15) is 12.4 Å². The monoisotopic (exact) mass is 456 g/mol. The quantitative estimate of drug-likeness (QED) is 0.604. The second-order valence-electron chi connectivity index (χ2n) is 7.50. The predicted octanol–water partition coefficient (Wildman–Crippen LogP) is 3.59. The van der Waals surface area contributed by atoms with E-state index in [9.17, 15) is 26.4 Å². The highest BCUT2D eigenvalue weighted by atomic mass is 32.2. The molecule has 1 aliphatic carbocycles. The summed E-state index contributed by atoms with van der Waals surface area (Å²) >= 11 is 0. The number of benzene rings is 2. The van der Waals surface area contributed by atoms with Crippen molar-refractivity contribution in [1.82, 2.24) is 10.0 Å². The molecule has 1 aliphatic rings. The van der Waals surface area contributed by atoms with E-state index in [0.717, 1.165) is 18.9 Å². The first-order valence-corrected chi connectivity index (χ1v) is 11.2. The van der Waals surface area contributed by atoms with Gasteiger partial charge >= 0.3 is 6.18 Å². The molecular weight excluding hydrogens is 433 g/mol. The Morgan fingerprint density at radius 2 is 1.87 bits per heavy atom. The Morgan fingerprint density at radius 3 is 2.55 bits per heavy atom. The van der Waals surface area contributed by atoms with E-state index in [0.29, 0.717) is 12.5 Å². The van der Waals surface area contributed by atoms with Crippen LogP contribution in [0.5, 0.6) is 5.75 Å². The lowest BCUT2D eigenvalue weighted by atomic mass is 10.2. The van der Waals surface area contributed by atoms with Crippen molar-refractivity contribution in [2.75, 3.05) is 13.2 Å². The largest absolute Gasteiger partial charge is 0.491 e. The van der Waals surface area contributed by atoms with Crippen LogP contribution >= 0.6 is 0 Å². The van der Waals surface area contributed by atoms with E-state index >= 15 is 0 Å². The minimum absolute atomic E-state index is 0.0243. The number of carbonyl (C=O) groups is 1. The van der Waals surface area contributed by atoms with Gasteiger partial charge in [0.2, 0.25) is 10.0 Å². The fourth-order valence-corrected chi connectivity index (χ4v) is 3.99. The van der Waals surface area contributed by atoms with Crippen LogP contribution in [0.1, 0.15) is 35.7 Å². The fraction of sp³-hybridized carbons (Fsp3) is 0.381. The van der Waals surface area contributed by atoms with Crippen LogP contribution in [0.15, 0.2) is 53.4 Å². The molecule has 168 valence electrons. The first-order valence-electron chi connectivity index (χ1n) is 9.76. The van der Waals surface area contributed by atoms with Crippen LogP contribution in [0.25, 0.3) is 0 Å². The lowest BCUT2D eigenvalue weighted by molar-refractivity contribution is -0.139. The molecule has 0 spiro atoms. The zero-order valence-corrected chi connectivity index (χ0v) is 17.6. The second kappa shape index (κ2) is 9.27. The highest BCUT2D eigenvalue weighted by Crippen LogP contribution is 2.35. The second-order valence-corrected chi connectivity index (χ2v) is 9.27. The van der Waals surface area contributed by atoms with Gasteiger partial charge in [0, 0.05) is 12.1 Å². The molecule has 31 heavy (non-hydrogen) atoms. The van der Waals surface area contributed by atoms with Gasteiger partial charge in [-0.25, -0.2) is 13.1 Å². The van der Waals surface area contributed by atoms with Crippen LogP contribution < -0.4 is 14.8 Å². The SMILES string of the molecule is CC(COc1ccccc1C(F)(F)F)NC(=O)c1cccc(S(=O)(=O)NCC2CC2)c1. The number of alkyl halides is 3. The minimum atomic E-state index is -4.55. The molecular formula is C21H23F3N2O4S. The van der Waals surface area contributed by atoms with Gasteiger partial charge in [-0.15, -0.1) is 0 Å². The number of rotatable bonds is 9. The molecule has 1 amide bonds. The Hall–Kier alpha value is -2.59. The molecule has 2 aromatic carbocycles. The Bertz CT molecular complexity index is 1040. The summed E-state index contributed by atoms with van der Waals surface area (Å²) in [6, 6.07) is 9.77. The van der Waals surface area contributed by atoms with Gasteiger partial charge in [-0.3, -0.25) is 4.79 Å². The summed E-state index contributed by atoms with van der Waals surface area (Å²) in [4.78, 5) is 12.5. The van der Waals surface area contributed by atoms with Crippen molar-refractivity contribution in [2.45, 2.75) is 36.9 Å². The van der Waals surface area contributed by atoms with Gasteiger partial charge in [0.05, 0.1) is 16.5 Å². The van der Waals surface area contributed by atoms with Crippen LogP contribution in [-0.2, 0) is 16.2 Å². The molecule has 0 aliphatic heterocycles. The Labute approximate surface area is 178 Å². The first kappa shape index (κ1) is 23.1. The summed E-state index contributed by atoms with van der Waals surface area (Å²) < 4.78 is 71.7. The van der Waals surface area contributed by atoms with Crippen LogP contribution in [0.4, 0.5) is 13.2 Å². The molecule has 1 atom stereocenters. The lowest BCUT2D eigenvalue weighted by Gasteiger charge is -2.18. The average Bonchev–Trinajstić information content (AvgIpc) is 3.55. The number of amides is 1. The van der Waals surface area contributed by atoms with E-state index in [1.807, 2.05) is 0 Å². The number of nitrogens with one attached hydrogen (secondary N) is 2. The summed E-state index contributed by atoms with van der Waals surface area (Å²) in [6.45, 7) is 1.75. The van der Waals surface area contributed by atoms with Gasteiger partial charge in [-0.05, 0) is 56.0 Å². The average molecular weight is 456 g/mol. The predicted molar refractivity (Wildman–Crippen MR) is 108 cm³/mol. The molecule has 0 saturated heterocycles. The Kier molecular flexibility index (Phi) is 6.90. The Balaban J connectivity index is 1.60. The third-order valence-corrected chi connectivity index (χ3v) is 6.15. The van der Waals surface area contributed by atoms with E-state index in [2.05, 4.69) is 10.0 Å². The molecule has 1 saturated carbocycles. The fourth-order valence-electron chi connectivity index (χ4n) is 2.83. The number of sulfonamides is 1. The summed E-state index contributed by atoms with van der Waals surface area (Å²) in [6.07, 6.45) is -2.56. The van der Waals surface area contributed by atoms with Crippen molar-refractivity contribution in [3.63, 3.8) is 0 Å². The van der Waals surface area contributed by atoms with Crippen LogP contribution in [0.3, 0.4) is 0 Å². The van der Waals surface area contributed by atoms with Crippen LogP contribution in [0, 0.1) is 5.92 Å². The smallest absolute Gasteiger partial charge is 0.419 e. The van der Waals surface area contributed by atoms with Crippen LogP contribution in [0.2, 0.25) is 0 Å². The molecule has 2 N–H and O–H groups in total. The summed E-state index contributed by atoms with van der Waals surface area (Å²) in [7, 11) is -3.73. The van der Waals surface area contributed by atoms with Gasteiger partial charge in [0.25, 0.3) is 5.91 Å². The van der Waals surface area contributed by atoms with E-state index < -0.39 is 33.7 Å². The summed E-state index contributed by atoms with van der Waals surface area (Å²) in [5.74, 6) is -0.519.